The van der Waals surface area contributed by atoms with Crippen molar-refractivity contribution in [2.45, 2.75) is 19.9 Å². The van der Waals surface area contributed by atoms with E-state index in [1.807, 2.05) is 6.92 Å². The third-order valence-corrected chi connectivity index (χ3v) is 5.96. The minimum Gasteiger partial charge on any atom is -0.465 e. The fraction of sp³-hybridized carbons (Fsp3) is 0.350. The summed E-state index contributed by atoms with van der Waals surface area (Å²) in [6.07, 6.45) is 0. The van der Waals surface area contributed by atoms with Crippen LogP contribution >= 0.6 is 11.3 Å². The number of benzene rings is 1. The number of thiophene rings is 1. The summed E-state index contributed by atoms with van der Waals surface area (Å²) in [5.41, 5.74) is 1.10. The Morgan fingerprint density at radius 3 is 2.45 bits per heavy atom. The Labute approximate surface area is 182 Å². The number of carbonyl (C=O) groups excluding carboxylic acids is 3. The molecular weight excluding hydrogens is 426 g/mol. The highest BCUT2D eigenvalue weighted by Gasteiger charge is 2.27. The van der Waals surface area contributed by atoms with Crippen LogP contribution in [0.4, 0.5) is 10.7 Å². The summed E-state index contributed by atoms with van der Waals surface area (Å²) in [4.78, 5) is 49.2. The topological polar surface area (TPSA) is 128 Å². The zero-order chi connectivity index (χ0) is 23.3. The molecule has 10 nitrogen and oxygen atoms in total. The maximum Gasteiger partial charge on any atom is 0.348 e. The summed E-state index contributed by atoms with van der Waals surface area (Å²) in [6.45, 7) is 3.33. The van der Waals surface area contributed by atoms with Gasteiger partial charge in [0, 0.05) is 18.2 Å². The van der Waals surface area contributed by atoms with Gasteiger partial charge in [-0.05, 0) is 32.0 Å². The quantitative estimate of drug-likeness (QED) is 0.370. The fourth-order valence-corrected chi connectivity index (χ4v) is 4.05. The number of carbonyl (C=O) groups is 3. The van der Waals surface area contributed by atoms with Gasteiger partial charge in [0.25, 0.3) is 5.69 Å². The number of ether oxygens (including phenoxy) is 2. The number of nitrogens with one attached hydrogen (secondary N) is 1. The van der Waals surface area contributed by atoms with Gasteiger partial charge < -0.3 is 14.8 Å². The van der Waals surface area contributed by atoms with Crippen LogP contribution in [0.25, 0.3) is 0 Å². The monoisotopic (exact) mass is 449 g/mol. The molecule has 0 aliphatic carbocycles. The maximum absolute atomic E-state index is 12.6. The molecule has 1 N–H and O–H groups in total. The molecule has 1 aromatic heterocycles. The Balaban J connectivity index is 2.20. The Kier molecular flexibility index (Phi) is 7.83. The van der Waals surface area contributed by atoms with Crippen molar-refractivity contribution in [1.82, 2.24) is 4.90 Å². The Hall–Kier alpha value is -3.31. The highest BCUT2D eigenvalue weighted by atomic mass is 32.1. The van der Waals surface area contributed by atoms with E-state index in [2.05, 4.69) is 5.32 Å². The molecule has 2 aromatic rings. The number of nitro groups is 1. The van der Waals surface area contributed by atoms with E-state index in [4.69, 9.17) is 9.47 Å². The summed E-state index contributed by atoms with van der Waals surface area (Å²) in [5, 5.41) is 13.8. The third-order valence-electron chi connectivity index (χ3n) is 4.78. The van der Waals surface area contributed by atoms with Gasteiger partial charge in [0.1, 0.15) is 9.88 Å². The van der Waals surface area contributed by atoms with Crippen LogP contribution < -0.4 is 5.32 Å². The first kappa shape index (κ1) is 24.0. The molecule has 0 aliphatic heterocycles. The number of likely N-dealkylation sites (N-methyl/N-ethyl adjacent to an activating group) is 1. The van der Waals surface area contributed by atoms with E-state index in [1.165, 1.54) is 26.4 Å². The second-order valence-electron chi connectivity index (χ2n) is 6.73. The molecule has 0 fully saturated rings. The van der Waals surface area contributed by atoms with Crippen molar-refractivity contribution in [2.24, 2.45) is 0 Å². The minimum absolute atomic E-state index is 0.0330. The van der Waals surface area contributed by atoms with Crippen LogP contribution in [-0.2, 0) is 14.3 Å². The van der Waals surface area contributed by atoms with Crippen molar-refractivity contribution < 1.29 is 28.8 Å². The van der Waals surface area contributed by atoms with Crippen molar-refractivity contribution >= 4 is 39.9 Å². The average Bonchev–Trinajstić information content (AvgIpc) is 3.07. The SMILES string of the molecule is COC(=O)c1sc(NC(=O)CN(C)[C@H](C)c2cccc([N+](=O)[O-])c2)c(C(=O)OC)c1C. The van der Waals surface area contributed by atoms with Crippen molar-refractivity contribution in [3.8, 4) is 0 Å². The molecule has 166 valence electrons. The van der Waals surface area contributed by atoms with Gasteiger partial charge in [-0.3, -0.25) is 19.8 Å². The van der Waals surface area contributed by atoms with E-state index in [0.29, 0.717) is 11.1 Å². The van der Waals surface area contributed by atoms with E-state index in [-0.39, 0.29) is 33.7 Å². The van der Waals surface area contributed by atoms with Crippen LogP contribution in [0.15, 0.2) is 24.3 Å². The number of nitrogens with zero attached hydrogens (tertiary/aromatic N) is 2. The lowest BCUT2D eigenvalue weighted by Crippen LogP contribution is -2.32. The first-order valence-corrected chi connectivity index (χ1v) is 9.96. The predicted molar refractivity (Wildman–Crippen MR) is 115 cm³/mol. The molecule has 0 spiro atoms. The van der Waals surface area contributed by atoms with E-state index >= 15 is 0 Å². The van der Waals surface area contributed by atoms with E-state index in [0.717, 1.165) is 11.3 Å². The number of rotatable bonds is 8. The molecule has 1 amide bonds. The highest BCUT2D eigenvalue weighted by Crippen LogP contribution is 2.34. The predicted octanol–water partition coefficient (Wildman–Crippen LogP) is 3.17. The smallest absolute Gasteiger partial charge is 0.348 e. The van der Waals surface area contributed by atoms with Crippen molar-refractivity contribution in [3.05, 3.63) is 55.9 Å². The van der Waals surface area contributed by atoms with Gasteiger partial charge >= 0.3 is 11.9 Å². The summed E-state index contributed by atoms with van der Waals surface area (Å²) < 4.78 is 9.50. The third kappa shape index (κ3) is 5.44. The van der Waals surface area contributed by atoms with E-state index < -0.39 is 22.8 Å². The number of hydrogen-bond acceptors (Lipinski definition) is 9. The molecule has 0 saturated heterocycles. The molecule has 0 bridgehead atoms. The summed E-state index contributed by atoms with van der Waals surface area (Å²) in [6, 6.07) is 5.90. The lowest BCUT2D eigenvalue weighted by molar-refractivity contribution is -0.384. The zero-order valence-corrected chi connectivity index (χ0v) is 18.6. The van der Waals surface area contributed by atoms with E-state index in [9.17, 15) is 24.5 Å². The van der Waals surface area contributed by atoms with Gasteiger partial charge in [-0.1, -0.05) is 12.1 Å². The number of esters is 2. The molecule has 0 saturated carbocycles. The number of anilines is 1. The second-order valence-corrected chi connectivity index (χ2v) is 7.76. The molecule has 1 heterocycles. The molecule has 11 heteroatoms. The number of nitro benzene ring substituents is 1. The molecule has 1 atom stereocenters. The first-order valence-electron chi connectivity index (χ1n) is 9.15. The minimum atomic E-state index is -0.683. The van der Waals surface area contributed by atoms with Crippen LogP contribution in [-0.4, -0.2) is 55.5 Å². The van der Waals surface area contributed by atoms with Crippen LogP contribution in [0.1, 0.15) is 44.1 Å². The molecule has 0 aliphatic rings. The zero-order valence-electron chi connectivity index (χ0n) is 17.8. The fourth-order valence-electron chi connectivity index (χ4n) is 2.92. The van der Waals surface area contributed by atoms with Gasteiger partial charge in [-0.2, -0.15) is 0 Å². The Bertz CT molecular complexity index is 1020. The molecule has 0 unspecified atom stereocenters. The molecule has 1 aromatic carbocycles. The van der Waals surface area contributed by atoms with Gasteiger partial charge in [0.15, 0.2) is 0 Å². The summed E-state index contributed by atoms with van der Waals surface area (Å²) in [5.74, 6) is -1.73. The summed E-state index contributed by atoms with van der Waals surface area (Å²) in [7, 11) is 4.13. The van der Waals surface area contributed by atoms with Gasteiger partial charge in [0.05, 0.1) is 31.3 Å². The second kappa shape index (κ2) is 10.1. The largest absolute Gasteiger partial charge is 0.465 e. The van der Waals surface area contributed by atoms with Crippen LogP contribution in [0.2, 0.25) is 0 Å². The highest BCUT2D eigenvalue weighted by molar-refractivity contribution is 7.18. The van der Waals surface area contributed by atoms with E-state index in [1.54, 1.807) is 31.0 Å². The number of non-ortho nitro benzene ring substituents is 1. The molecular formula is C20H23N3O7S. The Morgan fingerprint density at radius 2 is 1.87 bits per heavy atom. The van der Waals surface area contributed by atoms with Crippen molar-refractivity contribution in [3.63, 3.8) is 0 Å². The van der Waals surface area contributed by atoms with Gasteiger partial charge in [-0.15, -0.1) is 11.3 Å². The average molecular weight is 449 g/mol. The number of amides is 1. The standard InChI is InChI=1S/C20H23N3O7S/c1-11-16(19(25)29-4)18(31-17(11)20(26)30-5)21-15(24)10-22(3)12(2)13-7-6-8-14(9-13)23(27)28/h6-9,12H,10H2,1-5H3,(H,21,24)/t12-/m1/s1. The maximum atomic E-state index is 12.6. The van der Waals surface area contributed by atoms with Gasteiger partial charge in [-0.25, -0.2) is 9.59 Å². The number of methoxy groups -OCH3 is 2. The van der Waals surface area contributed by atoms with Gasteiger partial charge in [0.2, 0.25) is 5.91 Å². The lowest BCUT2D eigenvalue weighted by Gasteiger charge is -2.24. The lowest BCUT2D eigenvalue weighted by atomic mass is 10.1. The molecule has 0 radical (unpaired) electrons. The van der Waals surface area contributed by atoms with Crippen LogP contribution in [0.3, 0.4) is 0 Å². The molecule has 31 heavy (non-hydrogen) atoms. The first-order chi connectivity index (χ1) is 14.6. The van der Waals surface area contributed by atoms with Crippen molar-refractivity contribution in [1.29, 1.82) is 0 Å². The molecule has 2 rings (SSSR count). The Morgan fingerprint density at radius 1 is 1.23 bits per heavy atom. The summed E-state index contributed by atoms with van der Waals surface area (Å²) >= 11 is 0.927. The number of hydrogen-bond donors (Lipinski definition) is 1. The van der Waals surface area contributed by atoms with Crippen LogP contribution in [0.5, 0.6) is 0 Å². The van der Waals surface area contributed by atoms with Crippen LogP contribution in [0, 0.1) is 17.0 Å². The normalized spacial score (nSPS) is 11.7. The van der Waals surface area contributed by atoms with Crippen molar-refractivity contribution in [2.75, 3.05) is 33.1 Å².